The van der Waals surface area contributed by atoms with E-state index < -0.39 is 7.25 Å². The van der Waals surface area contributed by atoms with Gasteiger partial charge in [-0.2, -0.15) is 0 Å². The van der Waals surface area contributed by atoms with Crippen molar-refractivity contribution in [2.75, 3.05) is 16.3 Å². The fourth-order valence-corrected chi connectivity index (χ4v) is 0. The molecule has 0 saturated heterocycles. The van der Waals surface area contributed by atoms with Gasteiger partial charge in [0, 0.05) is 0 Å². The Labute approximate surface area is 74.3 Å². The molecule has 0 aromatic heterocycles. The van der Waals surface area contributed by atoms with Crippen molar-refractivity contribution >= 4 is 40.7 Å². The second-order valence-corrected chi connectivity index (χ2v) is 5.65. The molecular weight excluding hydrogens is 282 g/mol. The highest BCUT2D eigenvalue weighted by Gasteiger charge is 2.20. The van der Waals surface area contributed by atoms with E-state index in [1.54, 1.807) is 0 Å². The molecule has 0 aliphatic carbocycles. The molecule has 0 saturated carbocycles. The third kappa shape index (κ3) is 66.8. The topological polar surface area (TPSA) is 0 Å². The normalized spacial score (nSPS) is 10.8. The van der Waals surface area contributed by atoms with E-state index in [2.05, 4.69) is 35.1 Å². The number of hydrogen-bond acceptors (Lipinski definition) is 0. The number of rotatable bonds is 1. The molecule has 0 spiro atoms. The van der Waals surface area contributed by atoms with Gasteiger partial charge in [-0.3, -0.25) is 0 Å². The van der Waals surface area contributed by atoms with Crippen LogP contribution in [0.15, 0.2) is 0 Å². The average Bonchev–Trinajstić information content (AvgIpc) is 1.61. The predicted octanol–water partition coefficient (Wildman–Crippen LogP) is 2.56. The first-order chi connectivity index (χ1) is 4.27. The van der Waals surface area contributed by atoms with Crippen molar-refractivity contribution in [1.82, 2.24) is 0 Å². The Morgan fingerprint density at radius 3 is 1.30 bits per heavy atom. The van der Waals surface area contributed by atoms with Gasteiger partial charge < -0.3 is 17.3 Å². The molecule has 0 radical (unpaired) electrons. The molecule has 0 rings (SSSR count). The van der Waals surface area contributed by atoms with Crippen LogP contribution in [-0.4, -0.2) is 23.5 Å². The molecular formula is C3H8BF4IS. The first kappa shape index (κ1) is 13.5. The third-order valence-corrected chi connectivity index (χ3v) is 4.39. The third-order valence-electron chi connectivity index (χ3n) is 0.218. The van der Waals surface area contributed by atoms with Gasteiger partial charge in [0.05, 0.1) is 12.5 Å². The van der Waals surface area contributed by atoms with Gasteiger partial charge in [-0.15, -0.1) is 0 Å². The summed E-state index contributed by atoms with van der Waals surface area (Å²) in [5.41, 5.74) is 0. The van der Waals surface area contributed by atoms with E-state index in [0.717, 1.165) is 0 Å². The monoisotopic (exact) mass is 290 g/mol. The highest BCUT2D eigenvalue weighted by atomic mass is 127. The highest BCUT2D eigenvalue weighted by Crippen LogP contribution is 2.06. The second kappa shape index (κ2) is 6.57. The summed E-state index contributed by atoms with van der Waals surface area (Å²) in [6, 6.07) is 0. The zero-order valence-electron chi connectivity index (χ0n) is 5.58. The number of alkyl halides is 1. The second-order valence-electron chi connectivity index (χ2n) is 1.59. The predicted molar refractivity (Wildman–Crippen MR) is 48.3 cm³/mol. The van der Waals surface area contributed by atoms with Gasteiger partial charge in [0.2, 0.25) is 0 Å². The minimum absolute atomic E-state index is 0.664. The summed E-state index contributed by atoms with van der Waals surface area (Å²) in [4.78, 5) is 0. The standard InChI is InChI=1S/C3H8IS.BF4/c1-5(2)3-4;2-1(3,4)5/h3H2,1-2H3;/q+1;-1. The van der Waals surface area contributed by atoms with Crippen molar-refractivity contribution in [2.24, 2.45) is 0 Å². The SMILES string of the molecule is C[S+](C)CI.F[B-](F)(F)F. The molecule has 0 unspecified atom stereocenters. The molecule has 0 fully saturated rings. The van der Waals surface area contributed by atoms with Gasteiger partial charge in [-0.1, -0.05) is 0 Å². The summed E-state index contributed by atoms with van der Waals surface area (Å²) in [6.45, 7) is 0. The van der Waals surface area contributed by atoms with Crippen LogP contribution in [0.25, 0.3) is 0 Å². The van der Waals surface area contributed by atoms with E-state index in [0.29, 0.717) is 10.9 Å². The molecule has 7 heteroatoms. The Balaban J connectivity index is 0. The zero-order chi connectivity index (χ0) is 8.78. The molecule has 0 N–H and O–H groups in total. The van der Waals surface area contributed by atoms with Crippen LogP contribution in [0.4, 0.5) is 17.3 Å². The molecule has 10 heavy (non-hydrogen) atoms. The summed E-state index contributed by atoms with van der Waals surface area (Å²) < 4.78 is 40.3. The maximum absolute atomic E-state index is 9.75. The summed E-state index contributed by atoms with van der Waals surface area (Å²) in [6.07, 6.45) is 4.49. The van der Waals surface area contributed by atoms with Crippen LogP contribution in [0.2, 0.25) is 0 Å². The molecule has 0 atom stereocenters. The van der Waals surface area contributed by atoms with Crippen LogP contribution in [-0.2, 0) is 10.9 Å². The fraction of sp³-hybridized carbons (Fsp3) is 1.00. The molecule has 0 bridgehead atoms. The Bertz CT molecular complexity index is 69.4. The summed E-state index contributed by atoms with van der Waals surface area (Å²) in [5, 5.41) is 0. The van der Waals surface area contributed by atoms with Crippen molar-refractivity contribution in [3.8, 4) is 0 Å². The minimum atomic E-state index is -6.00. The van der Waals surface area contributed by atoms with E-state index in [9.17, 15) is 17.3 Å². The van der Waals surface area contributed by atoms with Crippen LogP contribution in [0, 0.1) is 0 Å². The van der Waals surface area contributed by atoms with Gasteiger partial charge in [-0.05, 0) is 33.5 Å². The number of halogens is 5. The Morgan fingerprint density at radius 2 is 1.30 bits per heavy atom. The molecule has 0 aromatic rings. The smallest absolute Gasteiger partial charge is 0.418 e. The van der Waals surface area contributed by atoms with Crippen LogP contribution >= 0.6 is 22.6 Å². The van der Waals surface area contributed by atoms with Gasteiger partial charge in [-0.25, -0.2) is 0 Å². The first-order valence-corrected chi connectivity index (χ1v) is 5.98. The minimum Gasteiger partial charge on any atom is -0.418 e. The quantitative estimate of drug-likeness (QED) is 0.229. The molecule has 0 heterocycles. The van der Waals surface area contributed by atoms with Crippen molar-refractivity contribution < 1.29 is 17.3 Å². The van der Waals surface area contributed by atoms with Crippen molar-refractivity contribution in [3.05, 3.63) is 0 Å². The Hall–Kier alpha value is 0.865. The van der Waals surface area contributed by atoms with Crippen molar-refractivity contribution in [1.29, 1.82) is 0 Å². The van der Waals surface area contributed by atoms with Crippen LogP contribution in [0.5, 0.6) is 0 Å². The Morgan fingerprint density at radius 1 is 1.20 bits per heavy atom. The highest BCUT2D eigenvalue weighted by molar-refractivity contribution is 14.1. The van der Waals surface area contributed by atoms with Gasteiger partial charge in [0.1, 0.15) is 0 Å². The van der Waals surface area contributed by atoms with E-state index in [-0.39, 0.29) is 0 Å². The maximum Gasteiger partial charge on any atom is 0.673 e. The molecule has 0 aromatic carbocycles. The number of hydrogen-bond donors (Lipinski definition) is 0. The van der Waals surface area contributed by atoms with E-state index in [1.807, 2.05) is 0 Å². The molecule has 0 nitrogen and oxygen atoms in total. The molecule has 64 valence electrons. The summed E-state index contributed by atoms with van der Waals surface area (Å²) in [7, 11) is -5.34. The lowest BCUT2D eigenvalue weighted by atomic mass is 10.3. The summed E-state index contributed by atoms with van der Waals surface area (Å²) >= 11 is 2.39. The molecule has 0 amide bonds. The zero-order valence-corrected chi connectivity index (χ0v) is 8.56. The molecule has 0 aliphatic heterocycles. The Kier molecular flexibility index (Phi) is 8.84. The van der Waals surface area contributed by atoms with Crippen LogP contribution in [0.3, 0.4) is 0 Å². The van der Waals surface area contributed by atoms with Gasteiger partial charge >= 0.3 is 7.25 Å². The lowest BCUT2D eigenvalue weighted by Gasteiger charge is -1.94. The summed E-state index contributed by atoms with van der Waals surface area (Å²) in [5.74, 6) is 0. The molecule has 0 aliphatic rings. The lowest BCUT2D eigenvalue weighted by molar-refractivity contribution is 0.368. The van der Waals surface area contributed by atoms with Crippen LogP contribution in [0.1, 0.15) is 0 Å². The largest absolute Gasteiger partial charge is 0.673 e. The maximum atomic E-state index is 9.75. The van der Waals surface area contributed by atoms with Gasteiger partial charge in [0.25, 0.3) is 0 Å². The fourth-order valence-electron chi connectivity index (χ4n) is 0. The van der Waals surface area contributed by atoms with Gasteiger partial charge in [0.15, 0.2) is 3.76 Å². The van der Waals surface area contributed by atoms with Crippen LogP contribution < -0.4 is 0 Å². The van der Waals surface area contributed by atoms with E-state index in [1.165, 1.54) is 3.76 Å². The first-order valence-electron chi connectivity index (χ1n) is 2.25. The average molecular weight is 290 g/mol. The van der Waals surface area contributed by atoms with E-state index >= 15 is 0 Å². The lowest BCUT2D eigenvalue weighted by Crippen LogP contribution is -2.02. The van der Waals surface area contributed by atoms with Crippen molar-refractivity contribution in [3.63, 3.8) is 0 Å². The van der Waals surface area contributed by atoms with Crippen molar-refractivity contribution in [2.45, 2.75) is 0 Å². The van der Waals surface area contributed by atoms with E-state index in [4.69, 9.17) is 0 Å².